The number of esters is 2. The number of hydrogen-bond acceptors (Lipinski definition) is 6. The highest BCUT2D eigenvalue weighted by Crippen LogP contribution is 2.35. The molecule has 0 aliphatic carbocycles. The summed E-state index contributed by atoms with van der Waals surface area (Å²) in [4.78, 5) is 42.4. The molecule has 0 amide bonds. The van der Waals surface area contributed by atoms with E-state index in [1.807, 2.05) is 0 Å². The third-order valence-corrected chi connectivity index (χ3v) is 7.52. The Morgan fingerprint density at radius 2 is 1.02 bits per heavy atom. The van der Waals surface area contributed by atoms with Gasteiger partial charge in [-0.1, -0.05) is 122 Å². The predicted octanol–water partition coefficient (Wildman–Crippen LogP) is 9.12. The molecular formula is C32H61O8P. The maximum absolute atomic E-state index is 12.3. The number of allylic oxidation sites excluding steroid dienone is 2. The first-order valence-corrected chi connectivity index (χ1v) is 18.0. The summed E-state index contributed by atoms with van der Waals surface area (Å²) in [5.41, 5.74) is 0. The quantitative estimate of drug-likeness (QED) is 0.0360. The Kier molecular flexibility index (Phi) is 28.0. The number of hydrogen-bond donors (Lipinski definition) is 2. The van der Waals surface area contributed by atoms with E-state index in [-0.39, 0.29) is 19.4 Å². The van der Waals surface area contributed by atoms with Gasteiger partial charge in [0.15, 0.2) is 6.10 Å². The molecule has 0 fully saturated rings. The molecule has 0 aromatic heterocycles. The van der Waals surface area contributed by atoms with Gasteiger partial charge in [0.1, 0.15) is 6.61 Å². The summed E-state index contributed by atoms with van der Waals surface area (Å²) in [5.74, 6) is -0.892. The van der Waals surface area contributed by atoms with E-state index >= 15 is 0 Å². The van der Waals surface area contributed by atoms with E-state index in [2.05, 4.69) is 30.5 Å². The van der Waals surface area contributed by atoms with Crippen LogP contribution in [0.25, 0.3) is 0 Å². The molecule has 0 aromatic carbocycles. The van der Waals surface area contributed by atoms with Crippen LogP contribution in [0.2, 0.25) is 0 Å². The Morgan fingerprint density at radius 1 is 0.610 bits per heavy atom. The minimum atomic E-state index is -4.74. The zero-order valence-corrected chi connectivity index (χ0v) is 27.1. The van der Waals surface area contributed by atoms with Crippen LogP contribution in [0.15, 0.2) is 12.2 Å². The summed E-state index contributed by atoms with van der Waals surface area (Å²) in [6.07, 6.45) is 28.0. The molecule has 1 atom stereocenters. The lowest BCUT2D eigenvalue weighted by Gasteiger charge is -2.18. The van der Waals surface area contributed by atoms with Crippen LogP contribution in [0.1, 0.15) is 162 Å². The van der Waals surface area contributed by atoms with Crippen LogP contribution in [-0.2, 0) is 28.2 Å². The first-order chi connectivity index (χ1) is 19.8. The van der Waals surface area contributed by atoms with E-state index < -0.39 is 32.5 Å². The van der Waals surface area contributed by atoms with Crippen LogP contribution in [0.5, 0.6) is 0 Å². The number of rotatable bonds is 30. The maximum Gasteiger partial charge on any atom is 0.469 e. The van der Waals surface area contributed by atoms with Gasteiger partial charge in [-0.2, -0.15) is 0 Å². The normalized spacial score (nSPS) is 12.6. The van der Waals surface area contributed by atoms with Crippen molar-refractivity contribution in [3.05, 3.63) is 12.2 Å². The van der Waals surface area contributed by atoms with E-state index in [1.54, 1.807) is 0 Å². The predicted molar refractivity (Wildman–Crippen MR) is 166 cm³/mol. The molecule has 0 heterocycles. The van der Waals surface area contributed by atoms with Crippen molar-refractivity contribution in [3.8, 4) is 0 Å². The molecule has 41 heavy (non-hydrogen) atoms. The third-order valence-electron chi connectivity index (χ3n) is 7.03. The van der Waals surface area contributed by atoms with Crippen molar-refractivity contribution in [2.75, 3.05) is 13.2 Å². The third kappa shape index (κ3) is 31.6. The molecule has 2 N–H and O–H groups in total. The van der Waals surface area contributed by atoms with Gasteiger partial charge in [0, 0.05) is 12.8 Å². The second-order valence-corrected chi connectivity index (χ2v) is 12.4. The summed E-state index contributed by atoms with van der Waals surface area (Å²) in [7, 11) is -4.74. The Hall–Kier alpha value is -1.21. The molecule has 0 saturated carbocycles. The minimum Gasteiger partial charge on any atom is -0.462 e. The zero-order valence-electron chi connectivity index (χ0n) is 26.2. The topological polar surface area (TPSA) is 119 Å². The number of ether oxygens (including phenoxy) is 2. The van der Waals surface area contributed by atoms with Gasteiger partial charge in [-0.15, -0.1) is 0 Å². The molecule has 0 spiro atoms. The van der Waals surface area contributed by atoms with Crippen LogP contribution in [0.4, 0.5) is 0 Å². The summed E-state index contributed by atoms with van der Waals surface area (Å²) >= 11 is 0. The van der Waals surface area contributed by atoms with Crippen molar-refractivity contribution in [2.24, 2.45) is 0 Å². The fourth-order valence-corrected chi connectivity index (χ4v) is 4.90. The SMILES string of the molecule is CCCCCC/C=C/CCCCCCCCCC(=O)O[C@H](COC(=O)CCCCCCCCCC)COP(=O)(O)O. The fraction of sp³-hybridized carbons (Fsp3) is 0.875. The molecule has 0 aromatic rings. The van der Waals surface area contributed by atoms with Crippen molar-refractivity contribution in [2.45, 2.75) is 168 Å². The van der Waals surface area contributed by atoms with E-state index in [9.17, 15) is 14.2 Å². The molecule has 0 aliphatic rings. The van der Waals surface area contributed by atoms with E-state index in [0.29, 0.717) is 6.42 Å². The standard InChI is InChI=1S/C32H61O8P/c1-3-5-7-9-11-13-14-15-16-17-18-19-21-23-25-27-32(34)40-30(29-39-41(35,36)37)28-38-31(33)26-24-22-20-12-10-8-6-4-2/h13-14,30H,3-12,15-29H2,1-2H3,(H2,35,36,37)/b14-13+/t30-/m1/s1. The first-order valence-electron chi connectivity index (χ1n) is 16.5. The first kappa shape index (κ1) is 39.8. The van der Waals surface area contributed by atoms with Crippen LogP contribution < -0.4 is 0 Å². The van der Waals surface area contributed by atoms with Gasteiger partial charge >= 0.3 is 19.8 Å². The Balaban J connectivity index is 3.99. The van der Waals surface area contributed by atoms with Crippen LogP contribution in [0, 0.1) is 0 Å². The van der Waals surface area contributed by atoms with Gasteiger partial charge in [0.2, 0.25) is 0 Å². The summed E-state index contributed by atoms with van der Waals surface area (Å²) in [5, 5.41) is 0. The number of carbonyl (C=O) groups excluding carboxylic acids is 2. The summed E-state index contributed by atoms with van der Waals surface area (Å²) in [6.45, 7) is 3.61. The number of unbranched alkanes of at least 4 members (excludes halogenated alkanes) is 18. The van der Waals surface area contributed by atoms with Gasteiger partial charge in [-0.05, 0) is 38.5 Å². The van der Waals surface area contributed by atoms with E-state index in [4.69, 9.17) is 19.3 Å². The summed E-state index contributed by atoms with van der Waals surface area (Å²) < 4.78 is 26.1. The molecule has 0 rings (SSSR count). The van der Waals surface area contributed by atoms with Gasteiger partial charge in [0.05, 0.1) is 6.61 Å². The smallest absolute Gasteiger partial charge is 0.462 e. The lowest BCUT2D eigenvalue weighted by molar-refractivity contribution is -0.161. The lowest BCUT2D eigenvalue weighted by Crippen LogP contribution is -2.29. The number of phosphoric acid groups is 1. The highest BCUT2D eigenvalue weighted by Gasteiger charge is 2.22. The largest absolute Gasteiger partial charge is 0.469 e. The highest BCUT2D eigenvalue weighted by atomic mass is 31.2. The second kappa shape index (κ2) is 28.9. The average Bonchev–Trinajstić information content (AvgIpc) is 2.93. The fourth-order valence-electron chi connectivity index (χ4n) is 4.54. The molecule has 0 saturated heterocycles. The molecule has 9 heteroatoms. The van der Waals surface area contributed by atoms with Crippen molar-refractivity contribution in [1.82, 2.24) is 0 Å². The highest BCUT2D eigenvalue weighted by molar-refractivity contribution is 7.46. The molecule has 0 bridgehead atoms. The van der Waals surface area contributed by atoms with Crippen molar-refractivity contribution >= 4 is 19.8 Å². The summed E-state index contributed by atoms with van der Waals surface area (Å²) in [6, 6.07) is 0. The average molecular weight is 605 g/mol. The maximum atomic E-state index is 12.3. The van der Waals surface area contributed by atoms with Gasteiger partial charge in [0.25, 0.3) is 0 Å². The van der Waals surface area contributed by atoms with Crippen molar-refractivity contribution in [1.29, 1.82) is 0 Å². The van der Waals surface area contributed by atoms with E-state index in [0.717, 1.165) is 44.9 Å². The monoisotopic (exact) mass is 604 g/mol. The molecule has 0 unspecified atom stereocenters. The number of carbonyl (C=O) groups is 2. The van der Waals surface area contributed by atoms with Gasteiger partial charge < -0.3 is 19.3 Å². The Bertz CT molecular complexity index is 691. The van der Waals surface area contributed by atoms with Crippen molar-refractivity contribution < 1.29 is 37.9 Å². The van der Waals surface area contributed by atoms with Gasteiger partial charge in [-0.3, -0.25) is 14.1 Å². The molecule has 0 radical (unpaired) electrons. The van der Waals surface area contributed by atoms with Crippen molar-refractivity contribution in [3.63, 3.8) is 0 Å². The van der Waals surface area contributed by atoms with Gasteiger partial charge in [-0.25, -0.2) is 4.57 Å². The zero-order chi connectivity index (χ0) is 30.4. The minimum absolute atomic E-state index is 0.210. The Labute approximate surface area is 250 Å². The van der Waals surface area contributed by atoms with Crippen LogP contribution in [0.3, 0.4) is 0 Å². The second-order valence-electron chi connectivity index (χ2n) is 11.1. The molecular weight excluding hydrogens is 543 g/mol. The van der Waals surface area contributed by atoms with Crippen LogP contribution >= 0.6 is 7.82 Å². The van der Waals surface area contributed by atoms with Crippen LogP contribution in [-0.4, -0.2) is 41.0 Å². The molecule has 242 valence electrons. The lowest BCUT2D eigenvalue weighted by atomic mass is 10.1. The molecule has 8 nitrogen and oxygen atoms in total. The Morgan fingerprint density at radius 3 is 1.51 bits per heavy atom. The molecule has 0 aliphatic heterocycles. The number of phosphoric ester groups is 1. The van der Waals surface area contributed by atoms with E-state index in [1.165, 1.54) is 83.5 Å².